The van der Waals surface area contributed by atoms with Gasteiger partial charge in [-0.1, -0.05) is 30.4 Å². The number of aromatic nitrogens is 1. The van der Waals surface area contributed by atoms with Crippen LogP contribution in [0.25, 0.3) is 17.0 Å². The number of rotatable bonds is 7. The number of ether oxygens (including phenoxy) is 1. The number of nitrogens with one attached hydrogen (secondary N) is 1. The zero-order valence-corrected chi connectivity index (χ0v) is 18.4. The summed E-state index contributed by atoms with van der Waals surface area (Å²) in [6, 6.07) is 14.0. The predicted octanol–water partition coefficient (Wildman–Crippen LogP) is 3.63. The molecule has 3 aromatic rings. The molecule has 2 heterocycles. The van der Waals surface area contributed by atoms with E-state index in [9.17, 15) is 19.0 Å². The van der Waals surface area contributed by atoms with Crippen LogP contribution < -0.4 is 5.32 Å². The van der Waals surface area contributed by atoms with E-state index in [1.807, 2.05) is 12.1 Å². The number of para-hydroxylation sites is 1. The third-order valence-corrected chi connectivity index (χ3v) is 5.98. The van der Waals surface area contributed by atoms with E-state index in [0.29, 0.717) is 37.1 Å². The van der Waals surface area contributed by atoms with Crippen molar-refractivity contribution < 1.29 is 23.7 Å². The maximum absolute atomic E-state index is 13.7. The summed E-state index contributed by atoms with van der Waals surface area (Å²) in [5.74, 6) is -0.981. The summed E-state index contributed by atoms with van der Waals surface area (Å²) >= 11 is 0. The Morgan fingerprint density at radius 1 is 1.18 bits per heavy atom. The lowest BCUT2D eigenvalue weighted by Crippen LogP contribution is -2.45. The SMILES string of the molecule is N#Cc1ccc2cccc([C@@H](O)[C@@H](O)[C@@H]3CC[C@@H](NCC=Cc4cc(F)ccc4F)CO3)c2n1. The first kappa shape index (κ1) is 23.9. The maximum Gasteiger partial charge on any atom is 0.141 e. The summed E-state index contributed by atoms with van der Waals surface area (Å²) in [5.41, 5.74) is 1.34. The fourth-order valence-electron chi connectivity index (χ4n) is 4.12. The molecule has 8 heteroatoms. The minimum Gasteiger partial charge on any atom is -0.387 e. The molecule has 0 saturated carbocycles. The molecule has 0 aliphatic carbocycles. The van der Waals surface area contributed by atoms with Crippen LogP contribution in [0.15, 0.2) is 54.6 Å². The molecule has 34 heavy (non-hydrogen) atoms. The Morgan fingerprint density at radius 2 is 2.03 bits per heavy atom. The Morgan fingerprint density at radius 3 is 2.79 bits per heavy atom. The van der Waals surface area contributed by atoms with Crippen LogP contribution in [0.5, 0.6) is 0 Å². The Kier molecular flexibility index (Phi) is 7.60. The van der Waals surface area contributed by atoms with E-state index < -0.39 is 29.9 Å². The van der Waals surface area contributed by atoms with Gasteiger partial charge in [0.05, 0.1) is 18.2 Å². The van der Waals surface area contributed by atoms with E-state index in [2.05, 4.69) is 10.3 Å². The second kappa shape index (κ2) is 10.8. The fourth-order valence-corrected chi connectivity index (χ4v) is 4.12. The van der Waals surface area contributed by atoms with E-state index in [0.717, 1.165) is 23.6 Å². The van der Waals surface area contributed by atoms with Crippen molar-refractivity contribution in [3.8, 4) is 6.07 Å². The van der Waals surface area contributed by atoms with Crippen LogP contribution in [0.2, 0.25) is 0 Å². The summed E-state index contributed by atoms with van der Waals surface area (Å²) in [5, 5.41) is 34.8. The van der Waals surface area contributed by atoms with E-state index in [-0.39, 0.29) is 17.3 Å². The highest BCUT2D eigenvalue weighted by Crippen LogP contribution is 2.29. The average molecular weight is 466 g/mol. The van der Waals surface area contributed by atoms with Gasteiger partial charge in [-0.15, -0.1) is 0 Å². The highest BCUT2D eigenvalue weighted by atomic mass is 19.1. The molecule has 1 fully saturated rings. The van der Waals surface area contributed by atoms with Crippen LogP contribution >= 0.6 is 0 Å². The molecule has 4 rings (SSSR count). The molecule has 0 bridgehead atoms. The van der Waals surface area contributed by atoms with Crippen molar-refractivity contribution in [2.24, 2.45) is 0 Å². The summed E-state index contributed by atoms with van der Waals surface area (Å²) in [6.07, 6.45) is 1.54. The normalized spacial score (nSPS) is 20.3. The van der Waals surface area contributed by atoms with Gasteiger partial charge in [-0.3, -0.25) is 0 Å². The van der Waals surface area contributed by atoms with Gasteiger partial charge in [-0.05, 0) is 43.2 Å². The Labute approximate surface area is 196 Å². The molecule has 1 aliphatic heterocycles. The molecule has 6 nitrogen and oxygen atoms in total. The van der Waals surface area contributed by atoms with Crippen molar-refractivity contribution in [2.75, 3.05) is 13.2 Å². The van der Waals surface area contributed by atoms with Crippen molar-refractivity contribution in [1.82, 2.24) is 10.3 Å². The van der Waals surface area contributed by atoms with Gasteiger partial charge in [-0.25, -0.2) is 13.8 Å². The van der Waals surface area contributed by atoms with Gasteiger partial charge in [0.25, 0.3) is 0 Å². The van der Waals surface area contributed by atoms with Crippen LogP contribution in [0.4, 0.5) is 8.78 Å². The Bertz CT molecular complexity index is 1220. The summed E-state index contributed by atoms with van der Waals surface area (Å²) in [6.45, 7) is 0.783. The molecule has 0 amide bonds. The number of hydrogen-bond donors (Lipinski definition) is 3. The van der Waals surface area contributed by atoms with Crippen LogP contribution in [-0.2, 0) is 4.74 Å². The number of hydrogen-bond acceptors (Lipinski definition) is 6. The van der Waals surface area contributed by atoms with E-state index in [1.165, 1.54) is 6.08 Å². The highest BCUT2D eigenvalue weighted by Gasteiger charge is 2.33. The van der Waals surface area contributed by atoms with Gasteiger partial charge in [-0.2, -0.15) is 5.26 Å². The summed E-state index contributed by atoms with van der Waals surface area (Å²) < 4.78 is 32.7. The first-order valence-corrected chi connectivity index (χ1v) is 11.1. The van der Waals surface area contributed by atoms with E-state index in [1.54, 1.807) is 30.3 Å². The molecule has 3 N–H and O–H groups in total. The number of pyridine rings is 1. The number of fused-ring (bicyclic) bond motifs is 1. The zero-order chi connectivity index (χ0) is 24.1. The topological polar surface area (TPSA) is 98.4 Å². The molecular formula is C26H25F2N3O3. The monoisotopic (exact) mass is 465 g/mol. The van der Waals surface area contributed by atoms with E-state index >= 15 is 0 Å². The van der Waals surface area contributed by atoms with Crippen molar-refractivity contribution in [2.45, 2.75) is 37.2 Å². The van der Waals surface area contributed by atoms with Crippen molar-refractivity contribution in [1.29, 1.82) is 5.26 Å². The first-order valence-electron chi connectivity index (χ1n) is 11.1. The summed E-state index contributed by atoms with van der Waals surface area (Å²) in [4.78, 5) is 4.29. The molecule has 2 aromatic carbocycles. The first-order chi connectivity index (χ1) is 16.5. The number of halogens is 2. The standard InChI is InChI=1S/C26H25F2N3O3/c27-18-7-10-22(28)17(13-18)4-2-12-30-20-9-11-23(34-15-20)26(33)25(32)21-5-1-3-16-6-8-19(14-29)31-24(16)21/h1-8,10,13,20,23,25-26,30,32-33H,9,11-12,15H2/t20-,23+,25-,26+/m1/s1. The number of aliphatic hydroxyl groups excluding tert-OH is 2. The average Bonchev–Trinajstić information content (AvgIpc) is 2.87. The number of nitrogens with zero attached hydrogens (tertiary/aromatic N) is 2. The Balaban J connectivity index is 1.32. The molecule has 0 spiro atoms. The smallest absolute Gasteiger partial charge is 0.141 e. The van der Waals surface area contributed by atoms with Gasteiger partial charge in [0.2, 0.25) is 0 Å². The third kappa shape index (κ3) is 5.46. The lowest BCUT2D eigenvalue weighted by atomic mass is 9.93. The number of nitriles is 1. The lowest BCUT2D eigenvalue weighted by Gasteiger charge is -2.34. The predicted molar refractivity (Wildman–Crippen MR) is 124 cm³/mol. The molecule has 1 aliphatic rings. The molecule has 0 radical (unpaired) electrons. The van der Waals surface area contributed by atoms with Crippen molar-refractivity contribution >= 4 is 17.0 Å². The number of aliphatic hydroxyl groups is 2. The second-order valence-electron chi connectivity index (χ2n) is 8.29. The molecule has 176 valence electrons. The van der Waals surface area contributed by atoms with Gasteiger partial charge < -0.3 is 20.3 Å². The van der Waals surface area contributed by atoms with Crippen LogP contribution in [0, 0.1) is 23.0 Å². The van der Waals surface area contributed by atoms with Crippen LogP contribution in [0.1, 0.15) is 35.8 Å². The minimum atomic E-state index is -1.22. The minimum absolute atomic E-state index is 0.0278. The number of benzene rings is 2. The molecule has 1 aromatic heterocycles. The lowest BCUT2D eigenvalue weighted by molar-refractivity contribution is -0.113. The molecule has 0 unspecified atom stereocenters. The van der Waals surface area contributed by atoms with Crippen molar-refractivity contribution in [3.05, 3.63) is 83.1 Å². The zero-order valence-electron chi connectivity index (χ0n) is 18.4. The van der Waals surface area contributed by atoms with Gasteiger partial charge in [0, 0.05) is 29.1 Å². The molecule has 4 atom stereocenters. The van der Waals surface area contributed by atoms with Gasteiger partial charge in [0.1, 0.15) is 35.6 Å². The molecule has 1 saturated heterocycles. The Hall–Kier alpha value is -3.22. The van der Waals surface area contributed by atoms with Gasteiger partial charge >= 0.3 is 0 Å². The van der Waals surface area contributed by atoms with Crippen LogP contribution in [-0.4, -0.2) is 46.6 Å². The van der Waals surface area contributed by atoms with E-state index in [4.69, 9.17) is 10.00 Å². The third-order valence-electron chi connectivity index (χ3n) is 5.98. The quantitative estimate of drug-likeness (QED) is 0.493. The van der Waals surface area contributed by atoms with Gasteiger partial charge in [0.15, 0.2) is 0 Å². The van der Waals surface area contributed by atoms with Crippen molar-refractivity contribution in [3.63, 3.8) is 0 Å². The fraction of sp³-hybridized carbons (Fsp3) is 0.308. The second-order valence-corrected chi connectivity index (χ2v) is 8.29. The van der Waals surface area contributed by atoms with Crippen LogP contribution in [0.3, 0.4) is 0 Å². The maximum atomic E-state index is 13.7. The molecular weight excluding hydrogens is 440 g/mol. The summed E-state index contributed by atoms with van der Waals surface area (Å²) in [7, 11) is 0. The highest BCUT2D eigenvalue weighted by molar-refractivity contribution is 5.82. The largest absolute Gasteiger partial charge is 0.387 e.